The fraction of sp³-hybridized carbons (Fsp3) is 0.417. The highest BCUT2D eigenvalue weighted by atomic mass is 35.5. The van der Waals surface area contributed by atoms with Gasteiger partial charge in [-0.15, -0.1) is 0 Å². The molecule has 0 unspecified atom stereocenters. The van der Waals surface area contributed by atoms with Gasteiger partial charge in [-0.2, -0.15) is 0 Å². The van der Waals surface area contributed by atoms with E-state index < -0.39 is 0 Å². The molecular formula is C12H15ClN2O2. The van der Waals surface area contributed by atoms with Gasteiger partial charge in [-0.3, -0.25) is 4.79 Å². The SMILES string of the molecule is CC1(OCC(=O)Nc2ccccc2Cl)CNC1. The lowest BCUT2D eigenvalue weighted by atomic mass is 10.0. The van der Waals surface area contributed by atoms with E-state index in [1.54, 1.807) is 12.1 Å². The number of para-hydroxylation sites is 1. The van der Waals surface area contributed by atoms with Crippen LogP contribution in [0.1, 0.15) is 6.92 Å². The van der Waals surface area contributed by atoms with E-state index in [0.29, 0.717) is 10.7 Å². The molecule has 0 aliphatic carbocycles. The third-order valence-electron chi connectivity index (χ3n) is 2.70. The summed E-state index contributed by atoms with van der Waals surface area (Å²) in [6.45, 7) is 3.59. The third kappa shape index (κ3) is 3.19. The largest absolute Gasteiger partial charge is 0.363 e. The smallest absolute Gasteiger partial charge is 0.250 e. The summed E-state index contributed by atoms with van der Waals surface area (Å²) in [4.78, 5) is 11.6. The Hall–Kier alpha value is -1.10. The van der Waals surface area contributed by atoms with E-state index in [4.69, 9.17) is 16.3 Å². The molecule has 0 saturated carbocycles. The summed E-state index contributed by atoms with van der Waals surface area (Å²) in [6, 6.07) is 7.12. The van der Waals surface area contributed by atoms with Crippen LogP contribution in [0.25, 0.3) is 0 Å². The normalized spacial score (nSPS) is 17.3. The summed E-state index contributed by atoms with van der Waals surface area (Å²) in [5.41, 5.74) is 0.400. The second kappa shape index (κ2) is 5.04. The van der Waals surface area contributed by atoms with E-state index in [9.17, 15) is 4.79 Å². The number of anilines is 1. The molecule has 4 nitrogen and oxygen atoms in total. The Morgan fingerprint density at radius 3 is 2.82 bits per heavy atom. The molecule has 17 heavy (non-hydrogen) atoms. The Labute approximate surface area is 105 Å². The van der Waals surface area contributed by atoms with E-state index in [1.807, 2.05) is 19.1 Å². The van der Waals surface area contributed by atoms with E-state index in [2.05, 4.69) is 10.6 Å². The van der Waals surface area contributed by atoms with Crippen molar-refractivity contribution in [3.05, 3.63) is 29.3 Å². The number of ether oxygens (including phenoxy) is 1. The molecule has 0 bridgehead atoms. The van der Waals surface area contributed by atoms with Crippen molar-refractivity contribution < 1.29 is 9.53 Å². The fourth-order valence-corrected chi connectivity index (χ4v) is 1.75. The second-order valence-electron chi connectivity index (χ2n) is 4.37. The highest BCUT2D eigenvalue weighted by molar-refractivity contribution is 6.33. The Bertz CT molecular complexity index is 419. The number of benzene rings is 1. The van der Waals surface area contributed by atoms with E-state index in [1.165, 1.54) is 0 Å². The molecular weight excluding hydrogens is 240 g/mol. The van der Waals surface area contributed by atoms with Crippen LogP contribution in [0.2, 0.25) is 5.02 Å². The van der Waals surface area contributed by atoms with Gasteiger partial charge in [0.05, 0.1) is 16.3 Å². The molecule has 2 N–H and O–H groups in total. The molecule has 1 aromatic carbocycles. The topological polar surface area (TPSA) is 50.4 Å². The molecule has 1 aliphatic heterocycles. The lowest BCUT2D eigenvalue weighted by Crippen LogP contribution is -2.59. The maximum atomic E-state index is 11.6. The molecule has 1 aromatic rings. The minimum atomic E-state index is -0.210. The van der Waals surface area contributed by atoms with Crippen LogP contribution in [0.5, 0.6) is 0 Å². The van der Waals surface area contributed by atoms with Crippen LogP contribution in [-0.2, 0) is 9.53 Å². The van der Waals surface area contributed by atoms with Crippen molar-refractivity contribution in [1.82, 2.24) is 5.32 Å². The number of amides is 1. The number of halogens is 1. The van der Waals surface area contributed by atoms with Gasteiger partial charge in [0.2, 0.25) is 5.91 Å². The number of nitrogens with one attached hydrogen (secondary N) is 2. The van der Waals surface area contributed by atoms with Crippen LogP contribution in [0.4, 0.5) is 5.69 Å². The average Bonchev–Trinajstić information content (AvgIpc) is 2.27. The first-order valence-electron chi connectivity index (χ1n) is 5.48. The molecule has 0 spiro atoms. The third-order valence-corrected chi connectivity index (χ3v) is 3.03. The van der Waals surface area contributed by atoms with Crippen molar-refractivity contribution in [2.24, 2.45) is 0 Å². The molecule has 5 heteroatoms. The minimum Gasteiger partial charge on any atom is -0.363 e. The second-order valence-corrected chi connectivity index (χ2v) is 4.78. The fourth-order valence-electron chi connectivity index (χ4n) is 1.57. The van der Waals surface area contributed by atoms with Gasteiger partial charge in [0.1, 0.15) is 6.61 Å². The number of rotatable bonds is 4. The quantitative estimate of drug-likeness (QED) is 0.859. The molecule has 1 heterocycles. The lowest BCUT2D eigenvalue weighted by molar-refractivity contribution is -0.130. The van der Waals surface area contributed by atoms with Crippen molar-refractivity contribution in [2.75, 3.05) is 25.0 Å². The molecule has 2 rings (SSSR count). The minimum absolute atomic E-state index is 0.0450. The molecule has 92 valence electrons. The van der Waals surface area contributed by atoms with E-state index in [-0.39, 0.29) is 18.1 Å². The summed E-state index contributed by atoms with van der Waals surface area (Å²) in [6.07, 6.45) is 0. The van der Waals surface area contributed by atoms with Crippen LogP contribution in [0.3, 0.4) is 0 Å². The van der Waals surface area contributed by atoms with Gasteiger partial charge in [0, 0.05) is 13.1 Å². The van der Waals surface area contributed by atoms with Gasteiger partial charge in [0.15, 0.2) is 0 Å². The first-order valence-corrected chi connectivity index (χ1v) is 5.86. The summed E-state index contributed by atoms with van der Waals surface area (Å²) in [7, 11) is 0. The monoisotopic (exact) mass is 254 g/mol. The maximum Gasteiger partial charge on any atom is 0.250 e. The van der Waals surface area contributed by atoms with E-state index in [0.717, 1.165) is 13.1 Å². The molecule has 0 radical (unpaired) electrons. The van der Waals surface area contributed by atoms with Crippen molar-refractivity contribution in [1.29, 1.82) is 0 Å². The van der Waals surface area contributed by atoms with E-state index >= 15 is 0 Å². The maximum absolute atomic E-state index is 11.6. The molecule has 1 aliphatic rings. The Morgan fingerprint density at radius 2 is 2.24 bits per heavy atom. The zero-order chi connectivity index (χ0) is 12.3. The highest BCUT2D eigenvalue weighted by Gasteiger charge is 2.32. The Balaban J connectivity index is 1.83. The summed E-state index contributed by atoms with van der Waals surface area (Å²) in [5.74, 6) is -0.189. The van der Waals surface area contributed by atoms with Gasteiger partial charge in [-0.1, -0.05) is 23.7 Å². The predicted molar refractivity (Wildman–Crippen MR) is 67.3 cm³/mol. The zero-order valence-corrected chi connectivity index (χ0v) is 10.4. The van der Waals surface area contributed by atoms with Gasteiger partial charge < -0.3 is 15.4 Å². The first-order chi connectivity index (χ1) is 8.09. The zero-order valence-electron chi connectivity index (χ0n) is 9.63. The average molecular weight is 255 g/mol. The summed E-state index contributed by atoms with van der Waals surface area (Å²) < 4.78 is 5.52. The van der Waals surface area contributed by atoms with Crippen LogP contribution in [-0.4, -0.2) is 31.2 Å². The van der Waals surface area contributed by atoms with Crippen molar-refractivity contribution >= 4 is 23.2 Å². The first kappa shape index (κ1) is 12.4. The van der Waals surface area contributed by atoms with Gasteiger partial charge in [-0.25, -0.2) is 0 Å². The van der Waals surface area contributed by atoms with Crippen molar-refractivity contribution in [3.8, 4) is 0 Å². The lowest BCUT2D eigenvalue weighted by Gasteiger charge is -2.38. The molecule has 0 aromatic heterocycles. The molecule has 1 amide bonds. The number of carbonyl (C=O) groups excluding carboxylic acids is 1. The number of carbonyl (C=O) groups is 1. The Morgan fingerprint density at radius 1 is 1.53 bits per heavy atom. The number of hydrogen-bond donors (Lipinski definition) is 2. The summed E-state index contributed by atoms with van der Waals surface area (Å²) >= 11 is 5.93. The molecule has 0 atom stereocenters. The van der Waals surface area contributed by atoms with Crippen LogP contribution in [0.15, 0.2) is 24.3 Å². The predicted octanol–water partition coefficient (Wildman–Crippen LogP) is 1.66. The van der Waals surface area contributed by atoms with Crippen molar-refractivity contribution in [3.63, 3.8) is 0 Å². The molecule has 1 fully saturated rings. The van der Waals surface area contributed by atoms with Gasteiger partial charge >= 0.3 is 0 Å². The standard InChI is InChI=1S/C12H15ClN2O2/c1-12(7-14-8-12)17-6-11(16)15-10-5-3-2-4-9(10)13/h2-5,14H,6-8H2,1H3,(H,15,16). The summed E-state index contributed by atoms with van der Waals surface area (Å²) in [5, 5.41) is 6.35. The van der Waals surface area contributed by atoms with Gasteiger partial charge in [-0.05, 0) is 19.1 Å². The van der Waals surface area contributed by atoms with Crippen LogP contribution < -0.4 is 10.6 Å². The van der Waals surface area contributed by atoms with Crippen molar-refractivity contribution in [2.45, 2.75) is 12.5 Å². The van der Waals surface area contributed by atoms with Crippen LogP contribution >= 0.6 is 11.6 Å². The van der Waals surface area contributed by atoms with Gasteiger partial charge in [0.25, 0.3) is 0 Å². The van der Waals surface area contributed by atoms with Crippen LogP contribution in [0, 0.1) is 0 Å². The molecule has 1 saturated heterocycles. The Kier molecular flexibility index (Phi) is 3.66. The highest BCUT2D eigenvalue weighted by Crippen LogP contribution is 2.20. The number of hydrogen-bond acceptors (Lipinski definition) is 3.